The Morgan fingerprint density at radius 3 is 2.64 bits per heavy atom. The number of anilines is 1. The van der Waals surface area contributed by atoms with Crippen molar-refractivity contribution < 1.29 is 4.74 Å². The summed E-state index contributed by atoms with van der Waals surface area (Å²) in [6, 6.07) is 8.37. The van der Waals surface area contributed by atoms with Gasteiger partial charge in [0.1, 0.15) is 11.6 Å². The fraction of sp³-hybridized carbons (Fsp3) is 0.556. The molecule has 1 aromatic carbocycles. The number of ether oxygens (including phenoxy) is 1. The molecule has 3 atom stereocenters. The highest BCUT2D eigenvalue weighted by Crippen LogP contribution is 2.33. The zero-order valence-corrected chi connectivity index (χ0v) is 13.3. The summed E-state index contributed by atoms with van der Waals surface area (Å²) >= 11 is 0. The van der Waals surface area contributed by atoms with Crippen LogP contribution in [0, 0.1) is 0 Å². The highest BCUT2D eigenvalue weighted by Gasteiger charge is 2.35. The first kappa shape index (κ1) is 13.9. The molecule has 2 aliphatic rings. The highest BCUT2D eigenvalue weighted by molar-refractivity contribution is 5.89. The first-order valence-corrected chi connectivity index (χ1v) is 8.41. The quantitative estimate of drug-likeness (QED) is 0.869. The van der Waals surface area contributed by atoms with Gasteiger partial charge in [0.05, 0.1) is 17.7 Å². The molecule has 0 amide bonds. The standard InChI is InChI=1S/C18H23N3O/c1-3-12(2)17-19-16-7-5-4-6-15(16)18(20-17)21-10-13-8-9-14(11-21)22-13/h4-7,12-14H,3,8-11H2,1-2H3. The Bertz CT molecular complexity index is 675. The molecule has 3 unspecified atom stereocenters. The third kappa shape index (κ3) is 2.35. The van der Waals surface area contributed by atoms with E-state index in [-0.39, 0.29) is 0 Å². The summed E-state index contributed by atoms with van der Waals surface area (Å²) in [5.41, 5.74) is 1.06. The van der Waals surface area contributed by atoms with Gasteiger partial charge < -0.3 is 9.64 Å². The van der Waals surface area contributed by atoms with Crippen molar-refractivity contribution in [2.75, 3.05) is 18.0 Å². The molecule has 0 aliphatic carbocycles. The van der Waals surface area contributed by atoms with Gasteiger partial charge in [0, 0.05) is 24.4 Å². The lowest BCUT2D eigenvalue weighted by atomic mass is 10.1. The summed E-state index contributed by atoms with van der Waals surface area (Å²) in [4.78, 5) is 12.2. The molecule has 2 fully saturated rings. The second-order valence-corrected chi connectivity index (χ2v) is 6.59. The maximum atomic E-state index is 5.97. The van der Waals surface area contributed by atoms with Crippen LogP contribution in [-0.2, 0) is 4.74 Å². The fourth-order valence-electron chi connectivity index (χ4n) is 3.51. The number of benzene rings is 1. The minimum Gasteiger partial charge on any atom is -0.371 e. The second-order valence-electron chi connectivity index (χ2n) is 6.59. The Morgan fingerprint density at radius 1 is 1.18 bits per heavy atom. The summed E-state index contributed by atoms with van der Waals surface area (Å²) in [5.74, 6) is 2.46. The van der Waals surface area contributed by atoms with Crippen LogP contribution >= 0.6 is 0 Å². The monoisotopic (exact) mass is 297 g/mol. The fourth-order valence-corrected chi connectivity index (χ4v) is 3.51. The van der Waals surface area contributed by atoms with Gasteiger partial charge in [-0.1, -0.05) is 26.0 Å². The molecule has 0 radical (unpaired) electrons. The largest absolute Gasteiger partial charge is 0.371 e. The Kier molecular flexibility index (Phi) is 3.49. The van der Waals surface area contributed by atoms with Crippen LogP contribution in [0.15, 0.2) is 24.3 Å². The van der Waals surface area contributed by atoms with Crippen LogP contribution in [0.3, 0.4) is 0 Å². The maximum Gasteiger partial charge on any atom is 0.140 e. The van der Waals surface area contributed by atoms with Gasteiger partial charge in [0.25, 0.3) is 0 Å². The summed E-state index contributed by atoms with van der Waals surface area (Å²) < 4.78 is 5.97. The Balaban J connectivity index is 1.80. The minimum atomic E-state index is 0.375. The molecule has 2 aliphatic heterocycles. The van der Waals surface area contributed by atoms with E-state index in [4.69, 9.17) is 14.7 Å². The average Bonchev–Trinajstić information content (AvgIpc) is 2.91. The van der Waals surface area contributed by atoms with Gasteiger partial charge in [-0.05, 0) is 31.4 Å². The number of nitrogens with zero attached hydrogens (tertiary/aromatic N) is 3. The minimum absolute atomic E-state index is 0.375. The van der Waals surface area contributed by atoms with Crippen LogP contribution in [0.2, 0.25) is 0 Å². The van der Waals surface area contributed by atoms with E-state index in [2.05, 4.69) is 43.0 Å². The van der Waals surface area contributed by atoms with E-state index in [9.17, 15) is 0 Å². The lowest BCUT2D eigenvalue weighted by Crippen LogP contribution is -2.43. The first-order chi connectivity index (χ1) is 10.7. The smallest absolute Gasteiger partial charge is 0.140 e. The van der Waals surface area contributed by atoms with Crippen LogP contribution < -0.4 is 4.90 Å². The zero-order chi connectivity index (χ0) is 15.1. The number of fused-ring (bicyclic) bond motifs is 3. The topological polar surface area (TPSA) is 38.2 Å². The lowest BCUT2D eigenvalue weighted by Gasteiger charge is -2.33. The second kappa shape index (κ2) is 5.51. The molecular weight excluding hydrogens is 274 g/mol. The molecule has 4 nitrogen and oxygen atoms in total. The van der Waals surface area contributed by atoms with E-state index < -0.39 is 0 Å². The summed E-state index contributed by atoms with van der Waals surface area (Å²) in [6.45, 7) is 6.31. The third-order valence-corrected chi connectivity index (χ3v) is 5.00. The molecule has 0 spiro atoms. The van der Waals surface area contributed by atoms with E-state index >= 15 is 0 Å². The molecule has 116 valence electrons. The van der Waals surface area contributed by atoms with Crippen LogP contribution in [0.4, 0.5) is 5.82 Å². The van der Waals surface area contributed by atoms with Gasteiger partial charge in [-0.15, -0.1) is 0 Å². The molecule has 2 bridgehead atoms. The molecule has 0 N–H and O–H groups in total. The molecule has 1 aromatic heterocycles. The van der Waals surface area contributed by atoms with Crippen molar-refractivity contribution in [3.8, 4) is 0 Å². The van der Waals surface area contributed by atoms with Crippen molar-refractivity contribution in [1.29, 1.82) is 0 Å². The van der Waals surface area contributed by atoms with Crippen molar-refractivity contribution >= 4 is 16.7 Å². The maximum absolute atomic E-state index is 5.97. The Morgan fingerprint density at radius 2 is 1.91 bits per heavy atom. The average molecular weight is 297 g/mol. The zero-order valence-electron chi connectivity index (χ0n) is 13.3. The van der Waals surface area contributed by atoms with Gasteiger partial charge in [-0.25, -0.2) is 9.97 Å². The van der Waals surface area contributed by atoms with Gasteiger partial charge in [-0.2, -0.15) is 0 Å². The molecule has 2 saturated heterocycles. The molecule has 0 saturated carbocycles. The highest BCUT2D eigenvalue weighted by atomic mass is 16.5. The summed E-state index contributed by atoms with van der Waals surface area (Å²) in [6.07, 6.45) is 4.18. The van der Waals surface area contributed by atoms with Gasteiger partial charge >= 0.3 is 0 Å². The summed E-state index contributed by atoms with van der Waals surface area (Å²) in [7, 11) is 0. The van der Waals surface area contributed by atoms with E-state index in [0.29, 0.717) is 18.1 Å². The number of hydrogen-bond donors (Lipinski definition) is 0. The van der Waals surface area contributed by atoms with Crippen LogP contribution in [0.1, 0.15) is 44.9 Å². The van der Waals surface area contributed by atoms with Gasteiger partial charge in [0.2, 0.25) is 0 Å². The molecule has 2 aromatic rings. The molecule has 4 rings (SSSR count). The van der Waals surface area contributed by atoms with Crippen molar-refractivity contribution in [3.05, 3.63) is 30.1 Å². The van der Waals surface area contributed by atoms with E-state index in [1.54, 1.807) is 0 Å². The van der Waals surface area contributed by atoms with Crippen molar-refractivity contribution in [3.63, 3.8) is 0 Å². The molecule has 4 heteroatoms. The van der Waals surface area contributed by atoms with E-state index in [0.717, 1.165) is 42.1 Å². The number of hydrogen-bond acceptors (Lipinski definition) is 4. The van der Waals surface area contributed by atoms with Crippen LogP contribution in [0.5, 0.6) is 0 Å². The van der Waals surface area contributed by atoms with E-state index in [1.165, 1.54) is 12.8 Å². The Hall–Kier alpha value is -1.68. The number of aromatic nitrogens is 2. The Labute approximate surface area is 131 Å². The van der Waals surface area contributed by atoms with E-state index in [1.807, 2.05) is 0 Å². The number of para-hydroxylation sites is 1. The number of rotatable bonds is 3. The molecule has 3 heterocycles. The van der Waals surface area contributed by atoms with Crippen molar-refractivity contribution in [2.45, 2.75) is 51.2 Å². The first-order valence-electron chi connectivity index (χ1n) is 8.41. The predicted molar refractivity (Wildman–Crippen MR) is 88.4 cm³/mol. The lowest BCUT2D eigenvalue weighted by molar-refractivity contribution is 0.0303. The number of morpholine rings is 1. The normalized spacial score (nSPS) is 25.6. The molecule has 22 heavy (non-hydrogen) atoms. The SMILES string of the molecule is CCC(C)c1nc(N2CC3CCC(C2)O3)c2ccccc2n1. The summed E-state index contributed by atoms with van der Waals surface area (Å²) in [5, 5.41) is 1.16. The molecular formula is C18H23N3O. The van der Waals surface area contributed by atoms with Crippen LogP contribution in [-0.4, -0.2) is 35.3 Å². The van der Waals surface area contributed by atoms with Crippen LogP contribution in [0.25, 0.3) is 10.9 Å². The van der Waals surface area contributed by atoms with Crippen molar-refractivity contribution in [1.82, 2.24) is 9.97 Å². The van der Waals surface area contributed by atoms with Gasteiger partial charge in [-0.3, -0.25) is 0 Å². The van der Waals surface area contributed by atoms with Crippen molar-refractivity contribution in [2.24, 2.45) is 0 Å². The third-order valence-electron chi connectivity index (χ3n) is 5.00. The predicted octanol–water partition coefficient (Wildman–Crippen LogP) is 3.51. The van der Waals surface area contributed by atoms with Gasteiger partial charge in [0.15, 0.2) is 0 Å².